The monoisotopic (exact) mass is 284 g/mol. The van der Waals surface area contributed by atoms with Crippen molar-refractivity contribution >= 4 is 17.7 Å². The van der Waals surface area contributed by atoms with E-state index in [1.807, 2.05) is 11.8 Å². The summed E-state index contributed by atoms with van der Waals surface area (Å²) in [7, 11) is 0. The van der Waals surface area contributed by atoms with Crippen molar-refractivity contribution in [3.05, 3.63) is 0 Å². The van der Waals surface area contributed by atoms with Gasteiger partial charge in [-0.15, -0.1) is 11.8 Å². The first-order valence-electron chi connectivity index (χ1n) is 7.67. The van der Waals surface area contributed by atoms with Crippen LogP contribution >= 0.6 is 11.8 Å². The van der Waals surface area contributed by atoms with Crippen LogP contribution in [0.2, 0.25) is 0 Å². The van der Waals surface area contributed by atoms with E-state index in [0.717, 1.165) is 25.9 Å². The summed E-state index contributed by atoms with van der Waals surface area (Å²) in [4.78, 5) is 12.0. The molecule has 2 rings (SSSR count). The summed E-state index contributed by atoms with van der Waals surface area (Å²) in [6.45, 7) is 6.88. The van der Waals surface area contributed by atoms with Gasteiger partial charge in [-0.2, -0.15) is 0 Å². The van der Waals surface area contributed by atoms with Crippen molar-refractivity contribution < 1.29 is 4.79 Å². The summed E-state index contributed by atoms with van der Waals surface area (Å²) < 4.78 is 0. The number of carbonyl (C=O) groups excluding carboxylic acids is 1. The zero-order valence-electron chi connectivity index (χ0n) is 12.3. The van der Waals surface area contributed by atoms with E-state index in [2.05, 4.69) is 24.5 Å². The third-order valence-corrected chi connectivity index (χ3v) is 5.81. The summed E-state index contributed by atoms with van der Waals surface area (Å²) in [6.07, 6.45) is 7.18. The second-order valence-electron chi connectivity index (χ2n) is 6.77. The fraction of sp³-hybridized carbons (Fsp3) is 0.933. The van der Waals surface area contributed by atoms with E-state index in [0.29, 0.717) is 22.5 Å². The number of carbonyl (C=O) groups is 1. The van der Waals surface area contributed by atoms with Crippen LogP contribution in [-0.2, 0) is 4.79 Å². The molecule has 19 heavy (non-hydrogen) atoms. The predicted molar refractivity (Wildman–Crippen MR) is 82.5 cm³/mol. The number of nitrogens with one attached hydrogen (secondary N) is 2. The van der Waals surface area contributed by atoms with E-state index in [-0.39, 0.29) is 5.91 Å². The zero-order valence-corrected chi connectivity index (χ0v) is 13.2. The van der Waals surface area contributed by atoms with E-state index in [4.69, 9.17) is 0 Å². The molecule has 1 aliphatic heterocycles. The molecule has 2 aliphatic rings. The second kappa shape index (κ2) is 6.98. The molecule has 1 aliphatic carbocycles. The number of piperidine rings is 1. The standard InChI is InChI=1S/C15H28N2OS/c1-15(2)7-3-12(4-8-15)17-14(18)11-19-13-5-9-16-10-6-13/h12-13,16H,3-11H2,1-2H3,(H,17,18). The molecule has 0 spiro atoms. The molecule has 0 atom stereocenters. The minimum Gasteiger partial charge on any atom is -0.353 e. The molecule has 0 bridgehead atoms. The molecule has 1 heterocycles. The van der Waals surface area contributed by atoms with Crippen molar-refractivity contribution in [2.45, 2.75) is 63.7 Å². The van der Waals surface area contributed by atoms with E-state index in [1.165, 1.54) is 25.7 Å². The Hall–Kier alpha value is -0.220. The lowest BCUT2D eigenvalue weighted by Crippen LogP contribution is -2.40. The van der Waals surface area contributed by atoms with Crippen LogP contribution < -0.4 is 10.6 Å². The highest BCUT2D eigenvalue weighted by Crippen LogP contribution is 2.35. The van der Waals surface area contributed by atoms with Gasteiger partial charge in [-0.25, -0.2) is 0 Å². The number of amides is 1. The number of hydrogen-bond acceptors (Lipinski definition) is 3. The van der Waals surface area contributed by atoms with Crippen LogP contribution in [0.5, 0.6) is 0 Å². The Kier molecular flexibility index (Phi) is 5.58. The molecular weight excluding hydrogens is 256 g/mol. The lowest BCUT2D eigenvalue weighted by molar-refractivity contribution is -0.119. The summed E-state index contributed by atoms with van der Waals surface area (Å²) in [6, 6.07) is 0.425. The van der Waals surface area contributed by atoms with Gasteiger partial charge in [-0.1, -0.05) is 13.8 Å². The molecule has 0 aromatic rings. The summed E-state index contributed by atoms with van der Waals surface area (Å²) in [5.74, 6) is 0.887. The maximum absolute atomic E-state index is 12.0. The van der Waals surface area contributed by atoms with Crippen LogP contribution in [0.4, 0.5) is 0 Å². The third kappa shape index (κ3) is 5.35. The molecule has 4 heteroatoms. The third-order valence-electron chi connectivity index (χ3n) is 4.44. The van der Waals surface area contributed by atoms with Gasteiger partial charge in [0.15, 0.2) is 0 Å². The van der Waals surface area contributed by atoms with Crippen molar-refractivity contribution in [1.82, 2.24) is 10.6 Å². The Labute approximate surface area is 121 Å². The van der Waals surface area contributed by atoms with Gasteiger partial charge in [0.1, 0.15) is 0 Å². The molecule has 0 aromatic carbocycles. The molecule has 2 N–H and O–H groups in total. The number of thioether (sulfide) groups is 1. The van der Waals surface area contributed by atoms with Crippen molar-refractivity contribution in [2.75, 3.05) is 18.8 Å². The van der Waals surface area contributed by atoms with Crippen molar-refractivity contribution in [3.63, 3.8) is 0 Å². The molecule has 1 saturated heterocycles. The average molecular weight is 284 g/mol. The van der Waals surface area contributed by atoms with Gasteiger partial charge in [0.2, 0.25) is 5.91 Å². The highest BCUT2D eigenvalue weighted by atomic mass is 32.2. The smallest absolute Gasteiger partial charge is 0.230 e. The lowest BCUT2D eigenvalue weighted by atomic mass is 9.75. The fourth-order valence-corrected chi connectivity index (χ4v) is 4.01. The van der Waals surface area contributed by atoms with Crippen LogP contribution in [-0.4, -0.2) is 36.0 Å². The average Bonchev–Trinajstić information content (AvgIpc) is 2.40. The van der Waals surface area contributed by atoms with Crippen molar-refractivity contribution in [2.24, 2.45) is 5.41 Å². The van der Waals surface area contributed by atoms with Gasteiger partial charge in [0.05, 0.1) is 5.75 Å². The quantitative estimate of drug-likeness (QED) is 0.833. The maximum atomic E-state index is 12.0. The normalized spacial score (nSPS) is 25.2. The molecule has 2 fully saturated rings. The SMILES string of the molecule is CC1(C)CCC(NC(=O)CSC2CCNCC2)CC1. The van der Waals surface area contributed by atoms with Crippen LogP contribution in [0.15, 0.2) is 0 Å². The fourth-order valence-electron chi connectivity index (χ4n) is 2.97. The molecule has 3 nitrogen and oxygen atoms in total. The van der Waals surface area contributed by atoms with Gasteiger partial charge in [-0.3, -0.25) is 4.79 Å². The Bertz CT molecular complexity index is 291. The van der Waals surface area contributed by atoms with Gasteiger partial charge in [0.25, 0.3) is 0 Å². The predicted octanol–water partition coefficient (Wildman–Crippen LogP) is 2.56. The van der Waals surface area contributed by atoms with Crippen molar-refractivity contribution in [3.8, 4) is 0 Å². The molecule has 0 aromatic heterocycles. The Morgan fingerprint density at radius 3 is 2.47 bits per heavy atom. The first-order chi connectivity index (χ1) is 9.05. The molecule has 0 unspecified atom stereocenters. The summed E-state index contributed by atoms with van der Waals surface area (Å²) in [5, 5.41) is 7.26. The minimum atomic E-state index is 0.244. The van der Waals surface area contributed by atoms with Gasteiger partial charge >= 0.3 is 0 Å². The van der Waals surface area contributed by atoms with Crippen LogP contribution in [0.25, 0.3) is 0 Å². The van der Waals surface area contributed by atoms with Crippen LogP contribution in [0, 0.1) is 5.41 Å². The summed E-state index contributed by atoms with van der Waals surface area (Å²) >= 11 is 1.84. The largest absolute Gasteiger partial charge is 0.353 e. The second-order valence-corrected chi connectivity index (χ2v) is 8.06. The van der Waals surface area contributed by atoms with E-state index < -0.39 is 0 Å². The molecule has 0 radical (unpaired) electrons. The van der Waals surface area contributed by atoms with E-state index >= 15 is 0 Å². The van der Waals surface area contributed by atoms with E-state index in [9.17, 15) is 4.79 Å². The van der Waals surface area contributed by atoms with Gasteiger partial charge < -0.3 is 10.6 Å². The van der Waals surface area contributed by atoms with Crippen LogP contribution in [0.1, 0.15) is 52.4 Å². The maximum Gasteiger partial charge on any atom is 0.230 e. The van der Waals surface area contributed by atoms with E-state index in [1.54, 1.807) is 0 Å². The Morgan fingerprint density at radius 2 is 1.84 bits per heavy atom. The van der Waals surface area contributed by atoms with Crippen LogP contribution in [0.3, 0.4) is 0 Å². The lowest BCUT2D eigenvalue weighted by Gasteiger charge is -2.34. The minimum absolute atomic E-state index is 0.244. The van der Waals surface area contributed by atoms with Gasteiger partial charge in [0, 0.05) is 11.3 Å². The van der Waals surface area contributed by atoms with Crippen molar-refractivity contribution in [1.29, 1.82) is 0 Å². The molecule has 110 valence electrons. The number of hydrogen-bond donors (Lipinski definition) is 2. The Balaban J connectivity index is 1.61. The highest BCUT2D eigenvalue weighted by molar-refractivity contribution is 8.00. The Morgan fingerprint density at radius 1 is 1.21 bits per heavy atom. The molecular formula is C15H28N2OS. The molecule has 1 saturated carbocycles. The topological polar surface area (TPSA) is 41.1 Å². The first-order valence-corrected chi connectivity index (χ1v) is 8.72. The highest BCUT2D eigenvalue weighted by Gasteiger charge is 2.27. The molecule has 1 amide bonds. The summed E-state index contributed by atoms with van der Waals surface area (Å²) in [5.41, 5.74) is 0.477. The first kappa shape index (κ1) is 15.2. The van der Waals surface area contributed by atoms with Gasteiger partial charge in [-0.05, 0) is 57.0 Å². The zero-order chi connectivity index (χ0) is 13.7. The number of rotatable bonds is 4.